The fraction of sp³-hybridized carbons (Fsp3) is 0.520. The summed E-state index contributed by atoms with van der Waals surface area (Å²) < 4.78 is 9.89. The summed E-state index contributed by atoms with van der Waals surface area (Å²) in [5.41, 5.74) is 2.25. The molecule has 0 aliphatic heterocycles. The summed E-state index contributed by atoms with van der Waals surface area (Å²) in [6.45, 7) is 10.0. The third-order valence-electron chi connectivity index (χ3n) is 6.11. The van der Waals surface area contributed by atoms with Crippen LogP contribution in [0, 0.1) is 5.92 Å². The van der Waals surface area contributed by atoms with Gasteiger partial charge in [0.1, 0.15) is 22.6 Å². The van der Waals surface area contributed by atoms with Gasteiger partial charge in [-0.3, -0.25) is 0 Å². The molecule has 0 spiro atoms. The number of ether oxygens (including phenoxy) is 2. The fourth-order valence-electron chi connectivity index (χ4n) is 4.46. The number of aromatic hydroxyl groups is 2. The SMILES string of the molecule is C=C(C)[C@@H]1CCC(C)=C[C@H]1c1c(O)c(C(=O)OC)c(CCCCC)c(C(=O)OC)c1O. The number of phenols is 2. The Kier molecular flexibility index (Phi) is 8.31. The van der Waals surface area contributed by atoms with E-state index >= 15 is 0 Å². The van der Waals surface area contributed by atoms with Crippen LogP contribution in [0.1, 0.15) is 90.6 Å². The molecule has 170 valence electrons. The molecule has 2 rings (SSSR count). The number of hydrogen-bond donors (Lipinski definition) is 2. The van der Waals surface area contributed by atoms with Gasteiger partial charge in [-0.1, -0.05) is 43.6 Å². The molecule has 0 amide bonds. The van der Waals surface area contributed by atoms with E-state index in [9.17, 15) is 19.8 Å². The monoisotopic (exact) mass is 430 g/mol. The molecular formula is C25H34O6. The summed E-state index contributed by atoms with van der Waals surface area (Å²) >= 11 is 0. The number of carbonyl (C=O) groups excluding carboxylic acids is 2. The highest BCUT2D eigenvalue weighted by Crippen LogP contribution is 2.50. The van der Waals surface area contributed by atoms with Gasteiger partial charge in [0.2, 0.25) is 0 Å². The molecule has 1 aromatic carbocycles. The van der Waals surface area contributed by atoms with Gasteiger partial charge in [-0.05, 0) is 51.0 Å². The number of unbranched alkanes of at least 4 members (excludes halogenated alkanes) is 2. The van der Waals surface area contributed by atoms with Crippen molar-refractivity contribution in [2.75, 3.05) is 14.2 Å². The number of hydrogen-bond acceptors (Lipinski definition) is 6. The van der Waals surface area contributed by atoms with E-state index in [-0.39, 0.29) is 39.7 Å². The van der Waals surface area contributed by atoms with E-state index in [0.29, 0.717) is 12.8 Å². The number of benzene rings is 1. The Bertz CT molecular complexity index is 853. The quantitative estimate of drug-likeness (QED) is 0.325. The van der Waals surface area contributed by atoms with Gasteiger partial charge in [0.05, 0.1) is 14.2 Å². The molecule has 1 aliphatic rings. The van der Waals surface area contributed by atoms with E-state index in [1.165, 1.54) is 14.2 Å². The summed E-state index contributed by atoms with van der Waals surface area (Å²) in [4.78, 5) is 25.5. The number of esters is 2. The van der Waals surface area contributed by atoms with Crippen LogP contribution in [0.2, 0.25) is 0 Å². The van der Waals surface area contributed by atoms with Gasteiger partial charge in [-0.25, -0.2) is 9.59 Å². The maximum Gasteiger partial charge on any atom is 0.341 e. The minimum absolute atomic E-state index is 0.0533. The standard InChI is InChI=1S/C25H34O6/c1-7-8-9-10-17-20(24(28)30-5)22(26)19(23(27)21(17)25(29)31-6)18-13-15(4)11-12-16(18)14(2)3/h13,16,18,26-27H,2,7-12H2,1,3-6H3/t16-,18+/m0/s1. The Labute approximate surface area is 184 Å². The first-order valence-electron chi connectivity index (χ1n) is 10.8. The number of phenolic OH excluding ortho intramolecular Hbond substituents is 2. The lowest BCUT2D eigenvalue weighted by molar-refractivity contribution is 0.0592. The topological polar surface area (TPSA) is 93.1 Å². The smallest absolute Gasteiger partial charge is 0.341 e. The minimum Gasteiger partial charge on any atom is -0.507 e. The number of carbonyl (C=O) groups is 2. The second kappa shape index (κ2) is 10.5. The number of allylic oxidation sites excluding steroid dienone is 3. The Morgan fingerprint density at radius 2 is 1.65 bits per heavy atom. The highest BCUT2D eigenvalue weighted by Gasteiger charge is 2.37. The molecule has 0 saturated carbocycles. The van der Waals surface area contributed by atoms with Crippen LogP contribution in [0.25, 0.3) is 0 Å². The normalized spacial score (nSPS) is 18.3. The zero-order valence-electron chi connectivity index (χ0n) is 19.2. The molecule has 0 heterocycles. The average molecular weight is 431 g/mol. The van der Waals surface area contributed by atoms with E-state index < -0.39 is 17.9 Å². The maximum atomic E-state index is 12.7. The highest BCUT2D eigenvalue weighted by molar-refractivity contribution is 6.03. The minimum atomic E-state index is -0.751. The number of methoxy groups -OCH3 is 2. The van der Waals surface area contributed by atoms with Gasteiger partial charge < -0.3 is 19.7 Å². The lowest BCUT2D eigenvalue weighted by Gasteiger charge is -2.32. The largest absolute Gasteiger partial charge is 0.507 e. The van der Waals surface area contributed by atoms with Crippen molar-refractivity contribution in [3.63, 3.8) is 0 Å². The van der Waals surface area contributed by atoms with Crippen molar-refractivity contribution in [2.45, 2.75) is 65.2 Å². The molecule has 0 radical (unpaired) electrons. The zero-order chi connectivity index (χ0) is 23.3. The molecule has 1 aromatic rings. The molecule has 0 aromatic heterocycles. The summed E-state index contributed by atoms with van der Waals surface area (Å²) in [6, 6.07) is 0. The molecule has 0 saturated heterocycles. The van der Waals surface area contributed by atoms with E-state index in [2.05, 4.69) is 6.58 Å². The summed E-state index contributed by atoms with van der Waals surface area (Å²) in [5.74, 6) is -2.67. The van der Waals surface area contributed by atoms with Crippen molar-refractivity contribution >= 4 is 11.9 Å². The average Bonchev–Trinajstić information content (AvgIpc) is 2.73. The molecular weight excluding hydrogens is 396 g/mol. The van der Waals surface area contributed by atoms with Gasteiger partial charge in [-0.2, -0.15) is 0 Å². The van der Waals surface area contributed by atoms with Crippen molar-refractivity contribution in [1.29, 1.82) is 0 Å². The van der Waals surface area contributed by atoms with E-state index in [1.807, 2.05) is 26.8 Å². The molecule has 0 bridgehead atoms. The number of rotatable bonds is 8. The van der Waals surface area contributed by atoms with Gasteiger partial charge >= 0.3 is 11.9 Å². The summed E-state index contributed by atoms with van der Waals surface area (Å²) in [7, 11) is 2.45. The van der Waals surface area contributed by atoms with E-state index in [4.69, 9.17) is 9.47 Å². The Morgan fingerprint density at radius 3 is 2.10 bits per heavy atom. The van der Waals surface area contributed by atoms with Crippen molar-refractivity contribution in [1.82, 2.24) is 0 Å². The van der Waals surface area contributed by atoms with Crippen LogP contribution in [0.5, 0.6) is 11.5 Å². The van der Waals surface area contributed by atoms with Crippen LogP contribution in [-0.2, 0) is 15.9 Å². The van der Waals surface area contributed by atoms with Crippen LogP contribution in [0.3, 0.4) is 0 Å². The first kappa shape index (κ1) is 24.5. The molecule has 2 N–H and O–H groups in total. The van der Waals surface area contributed by atoms with Crippen LogP contribution in [0.4, 0.5) is 0 Å². The lowest BCUT2D eigenvalue weighted by Crippen LogP contribution is -2.21. The van der Waals surface area contributed by atoms with E-state index in [0.717, 1.165) is 36.8 Å². The Hall–Kier alpha value is -2.76. The third-order valence-corrected chi connectivity index (χ3v) is 6.11. The van der Waals surface area contributed by atoms with Gasteiger partial charge in [0, 0.05) is 11.5 Å². The predicted molar refractivity (Wildman–Crippen MR) is 120 cm³/mol. The maximum absolute atomic E-state index is 12.7. The summed E-state index contributed by atoms with van der Waals surface area (Å²) in [6.07, 6.45) is 6.44. The molecule has 31 heavy (non-hydrogen) atoms. The zero-order valence-corrected chi connectivity index (χ0v) is 19.2. The fourth-order valence-corrected chi connectivity index (χ4v) is 4.46. The van der Waals surface area contributed by atoms with Gasteiger partial charge in [-0.15, -0.1) is 0 Å². The van der Waals surface area contributed by atoms with Crippen LogP contribution in [0.15, 0.2) is 23.8 Å². The summed E-state index contributed by atoms with van der Waals surface area (Å²) in [5, 5.41) is 22.5. The van der Waals surface area contributed by atoms with Crippen molar-refractivity contribution in [2.24, 2.45) is 5.92 Å². The van der Waals surface area contributed by atoms with E-state index in [1.54, 1.807) is 0 Å². The second-order valence-electron chi connectivity index (χ2n) is 8.31. The Balaban J connectivity index is 2.89. The first-order valence-corrected chi connectivity index (χ1v) is 10.8. The lowest BCUT2D eigenvalue weighted by atomic mass is 9.72. The van der Waals surface area contributed by atoms with Gasteiger partial charge in [0.25, 0.3) is 0 Å². The molecule has 6 nitrogen and oxygen atoms in total. The molecule has 1 aliphatic carbocycles. The van der Waals surface area contributed by atoms with Crippen LogP contribution >= 0.6 is 0 Å². The van der Waals surface area contributed by atoms with Crippen molar-refractivity contribution < 1.29 is 29.3 Å². The molecule has 6 heteroatoms. The van der Waals surface area contributed by atoms with Crippen LogP contribution < -0.4 is 0 Å². The molecule has 0 fully saturated rings. The third kappa shape index (κ3) is 4.94. The Morgan fingerprint density at radius 1 is 1.10 bits per heavy atom. The molecule has 0 unspecified atom stereocenters. The van der Waals surface area contributed by atoms with Crippen molar-refractivity contribution in [3.8, 4) is 11.5 Å². The van der Waals surface area contributed by atoms with Crippen molar-refractivity contribution in [3.05, 3.63) is 46.1 Å². The molecule has 2 atom stereocenters. The predicted octanol–water partition coefficient (Wildman–Crippen LogP) is 5.42. The van der Waals surface area contributed by atoms with Crippen LogP contribution in [-0.4, -0.2) is 36.4 Å². The second-order valence-corrected chi connectivity index (χ2v) is 8.31. The highest BCUT2D eigenvalue weighted by atomic mass is 16.5. The first-order chi connectivity index (χ1) is 14.7. The van der Waals surface area contributed by atoms with Gasteiger partial charge in [0.15, 0.2) is 0 Å².